The molecule has 2 aromatic rings. The topological polar surface area (TPSA) is 99.6 Å². The maximum atomic E-state index is 12.2. The van der Waals surface area contributed by atoms with E-state index >= 15 is 0 Å². The highest BCUT2D eigenvalue weighted by molar-refractivity contribution is 7.84. The van der Waals surface area contributed by atoms with Crippen molar-refractivity contribution in [3.8, 4) is 5.75 Å². The van der Waals surface area contributed by atoms with Gasteiger partial charge in [-0.25, -0.2) is 4.79 Å². The van der Waals surface area contributed by atoms with Crippen molar-refractivity contribution >= 4 is 21.3 Å². The number of hydrogen-bond acceptors (Lipinski definition) is 5. The van der Waals surface area contributed by atoms with Gasteiger partial charge in [-0.3, -0.25) is 0 Å². The summed E-state index contributed by atoms with van der Waals surface area (Å²) < 4.78 is 31.9. The Morgan fingerprint density at radius 3 is 2.41 bits per heavy atom. The minimum Gasteiger partial charge on any atom is -0.422 e. The highest BCUT2D eigenvalue weighted by atomic mass is 32.2. The average Bonchev–Trinajstić information content (AvgIpc) is 2.37. The summed E-state index contributed by atoms with van der Waals surface area (Å²) in [4.78, 5) is 12.2. The molecule has 2 N–H and O–H groups in total. The van der Waals surface area contributed by atoms with Gasteiger partial charge in [-0.1, -0.05) is 12.8 Å². The van der Waals surface area contributed by atoms with Crippen LogP contribution in [0.1, 0.15) is 36.8 Å². The van der Waals surface area contributed by atoms with Gasteiger partial charge in [0, 0.05) is 17.0 Å². The molecule has 3 rings (SSSR count). The lowest BCUT2D eigenvalue weighted by Crippen LogP contribution is -2.19. The number of benzene rings is 1. The minimum atomic E-state index is -4.10. The fraction of sp³-hybridized carbons (Fsp3) is 0.400. The fourth-order valence-corrected chi connectivity index (χ4v) is 3.34. The van der Waals surface area contributed by atoms with Crippen LogP contribution in [-0.4, -0.2) is 8.42 Å². The van der Waals surface area contributed by atoms with Gasteiger partial charge < -0.3 is 8.60 Å². The Morgan fingerprint density at radius 2 is 1.73 bits per heavy atom. The lowest BCUT2D eigenvalue weighted by Gasteiger charge is -2.14. The van der Waals surface area contributed by atoms with Crippen molar-refractivity contribution < 1.29 is 17.0 Å². The van der Waals surface area contributed by atoms with E-state index in [4.69, 9.17) is 9.56 Å². The Hall–Kier alpha value is -1.86. The van der Waals surface area contributed by atoms with Gasteiger partial charge in [0.2, 0.25) is 0 Å². The molecule has 22 heavy (non-hydrogen) atoms. The largest absolute Gasteiger partial charge is 0.422 e. The Kier molecular flexibility index (Phi) is 3.92. The van der Waals surface area contributed by atoms with Crippen LogP contribution in [0.2, 0.25) is 0 Å². The molecule has 1 aliphatic carbocycles. The van der Waals surface area contributed by atoms with E-state index in [0.717, 1.165) is 55.0 Å². The maximum absolute atomic E-state index is 12.2. The van der Waals surface area contributed by atoms with Crippen molar-refractivity contribution in [2.24, 2.45) is 5.14 Å². The Bertz CT molecular complexity index is 869. The molecule has 0 saturated carbocycles. The van der Waals surface area contributed by atoms with Gasteiger partial charge in [0.1, 0.15) is 11.3 Å². The minimum absolute atomic E-state index is 0.0314. The molecule has 1 aromatic heterocycles. The molecule has 0 saturated heterocycles. The van der Waals surface area contributed by atoms with E-state index < -0.39 is 10.3 Å². The third-order valence-electron chi connectivity index (χ3n) is 3.91. The van der Waals surface area contributed by atoms with Crippen LogP contribution in [0.25, 0.3) is 11.0 Å². The number of aryl methyl sites for hydroxylation is 1. The van der Waals surface area contributed by atoms with E-state index in [1.165, 1.54) is 12.1 Å². The van der Waals surface area contributed by atoms with Crippen LogP contribution in [-0.2, 0) is 23.1 Å². The lowest BCUT2D eigenvalue weighted by molar-refractivity contribution is 0.486. The Balaban J connectivity index is 2.15. The van der Waals surface area contributed by atoms with Gasteiger partial charge in [-0.15, -0.1) is 0 Å². The molecule has 0 amide bonds. The summed E-state index contributed by atoms with van der Waals surface area (Å²) in [7, 11) is -4.10. The van der Waals surface area contributed by atoms with E-state index in [2.05, 4.69) is 4.18 Å². The number of fused-ring (bicyclic) bond motifs is 3. The quantitative estimate of drug-likeness (QED) is 0.852. The van der Waals surface area contributed by atoms with Crippen LogP contribution < -0.4 is 14.9 Å². The van der Waals surface area contributed by atoms with Crippen molar-refractivity contribution in [1.82, 2.24) is 0 Å². The molecule has 6 nitrogen and oxygen atoms in total. The molecule has 0 radical (unpaired) electrons. The molecule has 0 aliphatic heterocycles. The first-order chi connectivity index (χ1) is 10.4. The first kappa shape index (κ1) is 15.1. The number of nitrogens with two attached hydrogens (primary N) is 1. The van der Waals surface area contributed by atoms with Crippen molar-refractivity contribution in [2.45, 2.75) is 38.5 Å². The van der Waals surface area contributed by atoms with E-state index in [1.807, 2.05) is 0 Å². The molecule has 0 atom stereocenters. The predicted molar refractivity (Wildman–Crippen MR) is 82.1 cm³/mol. The predicted octanol–water partition coefficient (Wildman–Crippen LogP) is 2.03. The average molecular weight is 323 g/mol. The molecule has 0 spiro atoms. The van der Waals surface area contributed by atoms with Crippen molar-refractivity contribution in [2.75, 3.05) is 0 Å². The summed E-state index contributed by atoms with van der Waals surface area (Å²) in [5.41, 5.74) is 1.73. The molecule has 0 bridgehead atoms. The maximum Gasteiger partial charge on any atom is 0.380 e. The number of rotatable bonds is 2. The van der Waals surface area contributed by atoms with Crippen molar-refractivity contribution in [1.29, 1.82) is 0 Å². The normalized spacial score (nSPS) is 15.9. The van der Waals surface area contributed by atoms with Crippen LogP contribution in [0.15, 0.2) is 27.4 Å². The highest BCUT2D eigenvalue weighted by Gasteiger charge is 2.17. The van der Waals surface area contributed by atoms with Crippen LogP contribution in [0.4, 0.5) is 0 Å². The monoisotopic (exact) mass is 323 g/mol. The van der Waals surface area contributed by atoms with E-state index in [9.17, 15) is 13.2 Å². The number of hydrogen-bond donors (Lipinski definition) is 1. The lowest BCUT2D eigenvalue weighted by atomic mass is 9.92. The standard InChI is InChI=1S/C15H17NO5S/c16-22(18,19)21-10-7-8-12-11-5-3-1-2-4-6-13(11)15(17)20-14(12)9-10/h7-9H,1-6H2,(H2,16,18,19). The molecule has 118 valence electrons. The van der Waals surface area contributed by atoms with Gasteiger partial charge in [0.05, 0.1) is 0 Å². The van der Waals surface area contributed by atoms with Gasteiger partial charge in [0.15, 0.2) is 0 Å². The summed E-state index contributed by atoms with van der Waals surface area (Å²) in [6, 6.07) is 4.63. The second kappa shape index (κ2) is 5.73. The van der Waals surface area contributed by atoms with E-state index in [0.29, 0.717) is 5.58 Å². The molecule has 1 heterocycles. The third kappa shape index (κ3) is 3.15. The molecule has 1 aliphatic rings. The summed E-state index contributed by atoms with van der Waals surface area (Å²) in [6.45, 7) is 0. The van der Waals surface area contributed by atoms with Crippen molar-refractivity contribution in [3.05, 3.63) is 39.7 Å². The van der Waals surface area contributed by atoms with Crippen LogP contribution in [0.3, 0.4) is 0 Å². The molecule has 0 fully saturated rings. The zero-order valence-corrected chi connectivity index (χ0v) is 12.8. The molecule has 1 aromatic carbocycles. The molecular weight excluding hydrogens is 306 g/mol. The summed E-state index contributed by atoms with van der Waals surface area (Å²) >= 11 is 0. The first-order valence-corrected chi connectivity index (χ1v) is 8.72. The van der Waals surface area contributed by atoms with Crippen molar-refractivity contribution in [3.63, 3.8) is 0 Å². The Labute approximate surface area is 128 Å². The second-order valence-electron chi connectivity index (χ2n) is 5.49. The summed E-state index contributed by atoms with van der Waals surface area (Å²) in [5, 5.41) is 5.68. The zero-order chi connectivity index (χ0) is 15.7. The molecule has 0 unspecified atom stereocenters. The second-order valence-corrected chi connectivity index (χ2v) is 6.65. The van der Waals surface area contributed by atoms with Gasteiger partial charge >= 0.3 is 15.9 Å². The zero-order valence-electron chi connectivity index (χ0n) is 12.0. The highest BCUT2D eigenvalue weighted by Crippen LogP contribution is 2.28. The Morgan fingerprint density at radius 1 is 1.05 bits per heavy atom. The van der Waals surface area contributed by atoms with Gasteiger partial charge in [-0.05, 0) is 43.4 Å². The van der Waals surface area contributed by atoms with Crippen LogP contribution in [0.5, 0.6) is 5.75 Å². The third-order valence-corrected chi connectivity index (χ3v) is 4.33. The summed E-state index contributed by atoms with van der Waals surface area (Å²) in [5.74, 6) is 0.0314. The van der Waals surface area contributed by atoms with Crippen LogP contribution in [0, 0.1) is 0 Å². The fourth-order valence-electron chi connectivity index (χ4n) is 2.97. The molecular formula is C15H17NO5S. The smallest absolute Gasteiger partial charge is 0.380 e. The SMILES string of the molecule is NS(=O)(=O)Oc1ccc2c3c(c(=O)oc2c1)CCCCCC3. The summed E-state index contributed by atoms with van der Waals surface area (Å²) in [6.07, 6.45) is 5.83. The van der Waals surface area contributed by atoms with E-state index in [-0.39, 0.29) is 11.4 Å². The van der Waals surface area contributed by atoms with E-state index in [1.54, 1.807) is 6.07 Å². The van der Waals surface area contributed by atoms with Crippen LogP contribution >= 0.6 is 0 Å². The van der Waals surface area contributed by atoms with Gasteiger partial charge in [0.25, 0.3) is 0 Å². The molecule has 7 heteroatoms. The van der Waals surface area contributed by atoms with Gasteiger partial charge in [-0.2, -0.15) is 13.6 Å². The first-order valence-electron chi connectivity index (χ1n) is 7.25.